The van der Waals surface area contributed by atoms with Gasteiger partial charge in [-0.25, -0.2) is 0 Å². The van der Waals surface area contributed by atoms with Crippen LogP contribution < -0.4 is 15.4 Å². The maximum atomic E-state index is 12.2. The van der Waals surface area contributed by atoms with Gasteiger partial charge < -0.3 is 15.4 Å². The molecule has 0 aromatic heterocycles. The lowest BCUT2D eigenvalue weighted by Crippen LogP contribution is -2.29. The summed E-state index contributed by atoms with van der Waals surface area (Å²) in [5, 5.41) is 5.11. The fraction of sp³-hybridized carbons (Fsp3) is 0.364. The number of hydrogen-bond acceptors (Lipinski definition) is 3. The lowest BCUT2D eigenvalue weighted by atomic mass is 10.3. The number of anilines is 1. The monoisotopic (exact) mass is 340 g/mol. The fourth-order valence-electron chi connectivity index (χ4n) is 1.29. The molecule has 106 valence electrons. The quantitative estimate of drug-likeness (QED) is 0.866. The number of benzene rings is 1. The molecule has 0 saturated carbocycles. The molecule has 0 aliphatic rings. The van der Waals surface area contributed by atoms with E-state index in [0.717, 1.165) is 0 Å². The van der Waals surface area contributed by atoms with Crippen molar-refractivity contribution in [2.45, 2.75) is 13.3 Å². The Labute approximate surface area is 116 Å². The molecule has 1 amide bonds. The Morgan fingerprint density at radius 1 is 1.42 bits per heavy atom. The zero-order chi connectivity index (χ0) is 14.5. The van der Waals surface area contributed by atoms with Gasteiger partial charge in [0.05, 0.1) is 12.2 Å². The minimum Gasteiger partial charge on any atom is -0.404 e. The van der Waals surface area contributed by atoms with Crippen molar-refractivity contribution >= 4 is 27.5 Å². The number of rotatable bonds is 5. The van der Waals surface area contributed by atoms with E-state index in [1.165, 1.54) is 12.1 Å². The normalized spacial score (nSPS) is 11.0. The first kappa shape index (κ1) is 15.6. The molecule has 0 heterocycles. The second-order valence-corrected chi connectivity index (χ2v) is 4.41. The molecule has 0 radical (unpaired) electrons. The number of alkyl halides is 3. The topological polar surface area (TPSA) is 50.4 Å². The van der Waals surface area contributed by atoms with Crippen LogP contribution in [0.25, 0.3) is 0 Å². The van der Waals surface area contributed by atoms with Gasteiger partial charge in [-0.15, -0.1) is 13.2 Å². The third-order valence-electron chi connectivity index (χ3n) is 1.98. The van der Waals surface area contributed by atoms with E-state index in [1.807, 2.05) is 0 Å². The summed E-state index contributed by atoms with van der Waals surface area (Å²) in [4.78, 5) is 11.2. The zero-order valence-electron chi connectivity index (χ0n) is 9.97. The van der Waals surface area contributed by atoms with Crippen LogP contribution in [-0.4, -0.2) is 25.4 Å². The molecule has 8 heteroatoms. The van der Waals surface area contributed by atoms with Gasteiger partial charge in [0.15, 0.2) is 5.75 Å². The van der Waals surface area contributed by atoms with E-state index in [9.17, 15) is 18.0 Å². The van der Waals surface area contributed by atoms with Crippen molar-refractivity contribution in [2.75, 3.05) is 18.4 Å². The smallest absolute Gasteiger partial charge is 0.404 e. The summed E-state index contributed by atoms with van der Waals surface area (Å²) in [6.07, 6.45) is -4.79. The summed E-state index contributed by atoms with van der Waals surface area (Å²) >= 11 is 3.05. The molecule has 0 unspecified atom stereocenters. The molecule has 1 aromatic carbocycles. The van der Waals surface area contributed by atoms with Gasteiger partial charge in [-0.05, 0) is 25.1 Å². The molecule has 1 aromatic rings. The van der Waals surface area contributed by atoms with Gasteiger partial charge >= 0.3 is 6.36 Å². The predicted molar refractivity (Wildman–Crippen MR) is 68.0 cm³/mol. The molecule has 0 atom stereocenters. The molecule has 4 nitrogen and oxygen atoms in total. The van der Waals surface area contributed by atoms with Crippen LogP contribution in [0.1, 0.15) is 6.92 Å². The van der Waals surface area contributed by atoms with Crippen LogP contribution in [0.5, 0.6) is 5.75 Å². The van der Waals surface area contributed by atoms with Crippen LogP contribution in [0, 0.1) is 0 Å². The summed E-state index contributed by atoms with van der Waals surface area (Å²) in [6.45, 7) is 2.06. The highest BCUT2D eigenvalue weighted by molar-refractivity contribution is 9.10. The number of hydrogen-bond donors (Lipinski definition) is 2. The Morgan fingerprint density at radius 3 is 2.68 bits per heavy atom. The maximum absolute atomic E-state index is 12.2. The van der Waals surface area contributed by atoms with Crippen molar-refractivity contribution in [2.24, 2.45) is 0 Å². The molecule has 0 spiro atoms. The molecular weight excluding hydrogens is 329 g/mol. The summed E-state index contributed by atoms with van der Waals surface area (Å²) in [6, 6.07) is 4.11. The molecule has 19 heavy (non-hydrogen) atoms. The number of amides is 1. The van der Waals surface area contributed by atoms with Crippen LogP contribution in [0.2, 0.25) is 0 Å². The van der Waals surface area contributed by atoms with Crippen LogP contribution in [0.4, 0.5) is 18.9 Å². The molecule has 2 N–H and O–H groups in total. The van der Waals surface area contributed by atoms with Crippen molar-refractivity contribution in [1.82, 2.24) is 5.32 Å². The second-order valence-electron chi connectivity index (χ2n) is 3.50. The van der Waals surface area contributed by atoms with E-state index >= 15 is 0 Å². The van der Waals surface area contributed by atoms with E-state index in [1.54, 1.807) is 13.0 Å². The molecule has 0 aliphatic heterocycles. The van der Waals surface area contributed by atoms with Gasteiger partial charge in [-0.2, -0.15) is 0 Å². The Hall–Kier alpha value is -1.44. The third kappa shape index (κ3) is 5.82. The fourth-order valence-corrected chi connectivity index (χ4v) is 1.63. The summed E-state index contributed by atoms with van der Waals surface area (Å²) in [5.74, 6) is -0.713. The second kappa shape index (κ2) is 6.65. The van der Waals surface area contributed by atoms with Gasteiger partial charge in [0.2, 0.25) is 5.91 Å². The van der Waals surface area contributed by atoms with E-state index in [0.29, 0.717) is 11.0 Å². The molecular formula is C11H12BrF3N2O2. The summed E-state index contributed by atoms with van der Waals surface area (Å²) in [7, 11) is 0. The Morgan fingerprint density at radius 2 is 2.11 bits per heavy atom. The minimum absolute atomic E-state index is 0.0896. The Kier molecular flexibility index (Phi) is 5.46. The Bertz CT molecular complexity index is 452. The first-order chi connectivity index (χ1) is 8.81. The Balaban J connectivity index is 2.79. The van der Waals surface area contributed by atoms with E-state index in [4.69, 9.17) is 0 Å². The van der Waals surface area contributed by atoms with Crippen molar-refractivity contribution in [3.8, 4) is 5.75 Å². The largest absolute Gasteiger partial charge is 0.573 e. The molecule has 1 rings (SSSR count). The average molecular weight is 341 g/mol. The van der Waals surface area contributed by atoms with Crippen LogP contribution in [-0.2, 0) is 4.79 Å². The van der Waals surface area contributed by atoms with Crippen molar-refractivity contribution < 1.29 is 22.7 Å². The number of carbonyl (C=O) groups excluding carboxylic acids is 1. The van der Waals surface area contributed by atoms with Gasteiger partial charge in [-0.1, -0.05) is 15.9 Å². The maximum Gasteiger partial charge on any atom is 0.573 e. The van der Waals surface area contributed by atoms with Crippen molar-refractivity contribution in [1.29, 1.82) is 0 Å². The minimum atomic E-state index is -4.79. The number of carbonyl (C=O) groups is 1. The molecule has 0 aliphatic carbocycles. The lowest BCUT2D eigenvalue weighted by molar-refractivity contribution is -0.274. The lowest BCUT2D eigenvalue weighted by Gasteiger charge is -2.14. The van der Waals surface area contributed by atoms with Crippen molar-refractivity contribution in [3.05, 3.63) is 22.7 Å². The first-order valence-corrected chi connectivity index (χ1v) is 6.17. The van der Waals surface area contributed by atoms with Gasteiger partial charge in [0.1, 0.15) is 0 Å². The highest BCUT2D eigenvalue weighted by Gasteiger charge is 2.32. The molecule has 0 fully saturated rings. The van der Waals surface area contributed by atoms with E-state index in [2.05, 4.69) is 31.3 Å². The third-order valence-corrected chi connectivity index (χ3v) is 2.48. The standard InChI is InChI=1S/C11H12BrF3N2O2/c1-2-16-10(18)6-17-8-4-3-7(12)5-9(8)19-11(13,14)15/h3-5,17H,2,6H2,1H3,(H,16,18). The zero-order valence-corrected chi connectivity index (χ0v) is 11.6. The number of likely N-dealkylation sites (N-methyl/N-ethyl adjacent to an activating group) is 1. The summed E-state index contributed by atoms with van der Waals surface area (Å²) < 4.78 is 41.0. The van der Waals surface area contributed by atoms with Crippen molar-refractivity contribution in [3.63, 3.8) is 0 Å². The number of halogens is 4. The van der Waals surface area contributed by atoms with Crippen LogP contribution in [0.3, 0.4) is 0 Å². The summed E-state index contributed by atoms with van der Waals surface area (Å²) in [5.41, 5.74) is 0.0896. The molecule has 0 saturated heterocycles. The molecule has 0 bridgehead atoms. The number of nitrogens with one attached hydrogen (secondary N) is 2. The van der Waals surface area contributed by atoms with Crippen LogP contribution >= 0.6 is 15.9 Å². The van der Waals surface area contributed by atoms with Gasteiger partial charge in [-0.3, -0.25) is 4.79 Å². The first-order valence-electron chi connectivity index (χ1n) is 5.37. The van der Waals surface area contributed by atoms with Gasteiger partial charge in [0.25, 0.3) is 0 Å². The van der Waals surface area contributed by atoms with E-state index in [-0.39, 0.29) is 18.1 Å². The van der Waals surface area contributed by atoms with Gasteiger partial charge in [0, 0.05) is 11.0 Å². The average Bonchev–Trinajstić information content (AvgIpc) is 2.26. The SMILES string of the molecule is CCNC(=O)CNc1ccc(Br)cc1OC(F)(F)F. The van der Waals surface area contributed by atoms with E-state index < -0.39 is 12.1 Å². The highest BCUT2D eigenvalue weighted by atomic mass is 79.9. The predicted octanol–water partition coefficient (Wildman–Crippen LogP) is 2.90. The highest BCUT2D eigenvalue weighted by Crippen LogP contribution is 2.32. The van der Waals surface area contributed by atoms with Crippen LogP contribution in [0.15, 0.2) is 22.7 Å². The number of ether oxygens (including phenoxy) is 1.